The van der Waals surface area contributed by atoms with Gasteiger partial charge in [0.1, 0.15) is 0 Å². The number of benzene rings is 2. The Morgan fingerprint density at radius 2 is 1.53 bits per heavy atom. The Labute approximate surface area is 114 Å². The summed E-state index contributed by atoms with van der Waals surface area (Å²) in [4.78, 5) is 0. The molecule has 2 aromatic rings. The lowest BCUT2D eigenvalue weighted by atomic mass is 10.1. The largest absolute Gasteiger partial charge is 0.534 e. The molecule has 0 spiro atoms. The molecule has 0 saturated carbocycles. The number of fused-ring (bicyclic) bond motifs is 1. The first-order chi connectivity index (χ1) is 8.31. The summed E-state index contributed by atoms with van der Waals surface area (Å²) in [5.74, 6) is -0.342. The van der Waals surface area contributed by atoms with Gasteiger partial charge in [0.15, 0.2) is 5.75 Å². The minimum absolute atomic E-state index is 0. The van der Waals surface area contributed by atoms with E-state index < -0.39 is 15.6 Å². The molecule has 3 nitrogen and oxygen atoms in total. The standard InChI is InChI=1S/C11H7F3O3S.H2S/c12-11(13,14)18(15,16)17-10-7-3-5-8-4-1-2-6-9(8)10;/h1-7H;1H2. The maximum atomic E-state index is 12.2. The Morgan fingerprint density at radius 1 is 0.947 bits per heavy atom. The van der Waals surface area contributed by atoms with Gasteiger partial charge in [-0.05, 0) is 11.5 Å². The van der Waals surface area contributed by atoms with E-state index in [1.165, 1.54) is 18.2 Å². The fourth-order valence-corrected chi connectivity index (χ4v) is 1.91. The van der Waals surface area contributed by atoms with Crippen LogP contribution in [0.3, 0.4) is 0 Å². The summed E-state index contributed by atoms with van der Waals surface area (Å²) in [5, 5.41) is 0.889. The summed E-state index contributed by atoms with van der Waals surface area (Å²) in [7, 11) is -5.64. The quantitative estimate of drug-likeness (QED) is 0.632. The van der Waals surface area contributed by atoms with Gasteiger partial charge in [0.25, 0.3) is 0 Å². The summed E-state index contributed by atoms with van der Waals surface area (Å²) >= 11 is 0. The Kier molecular flexibility index (Phi) is 4.36. The first-order valence-corrected chi connectivity index (χ1v) is 6.20. The van der Waals surface area contributed by atoms with E-state index in [1.54, 1.807) is 24.3 Å². The highest BCUT2D eigenvalue weighted by molar-refractivity contribution is 7.88. The van der Waals surface area contributed by atoms with Crippen molar-refractivity contribution in [2.24, 2.45) is 0 Å². The van der Waals surface area contributed by atoms with Crippen LogP contribution in [0.15, 0.2) is 42.5 Å². The second-order valence-electron chi connectivity index (χ2n) is 3.46. The van der Waals surface area contributed by atoms with Crippen molar-refractivity contribution in [1.29, 1.82) is 0 Å². The lowest BCUT2D eigenvalue weighted by Gasteiger charge is -2.11. The Morgan fingerprint density at radius 3 is 2.16 bits per heavy atom. The molecule has 0 unspecified atom stereocenters. The molecular formula is C11H9F3O3S2. The molecule has 0 N–H and O–H groups in total. The van der Waals surface area contributed by atoms with Gasteiger partial charge in [0.2, 0.25) is 0 Å². The minimum Gasteiger partial charge on any atom is -0.375 e. The number of hydrogen-bond donors (Lipinski definition) is 0. The molecule has 0 aliphatic carbocycles. The van der Waals surface area contributed by atoms with E-state index in [0.717, 1.165) is 0 Å². The Balaban J connectivity index is 0.00000180. The van der Waals surface area contributed by atoms with Gasteiger partial charge in [-0.1, -0.05) is 36.4 Å². The molecule has 8 heteroatoms. The minimum atomic E-state index is -5.64. The van der Waals surface area contributed by atoms with Gasteiger partial charge >= 0.3 is 15.6 Å². The highest BCUT2D eigenvalue weighted by atomic mass is 32.2. The van der Waals surface area contributed by atoms with Crippen molar-refractivity contribution in [3.8, 4) is 5.75 Å². The van der Waals surface area contributed by atoms with Gasteiger partial charge in [-0.25, -0.2) is 0 Å². The molecule has 0 atom stereocenters. The third kappa shape index (κ3) is 3.13. The van der Waals surface area contributed by atoms with Crippen molar-refractivity contribution in [2.75, 3.05) is 0 Å². The fraction of sp³-hybridized carbons (Fsp3) is 0.0909. The van der Waals surface area contributed by atoms with E-state index in [9.17, 15) is 21.6 Å². The van der Waals surface area contributed by atoms with E-state index in [4.69, 9.17) is 0 Å². The Bertz CT molecular complexity index is 676. The van der Waals surface area contributed by atoms with E-state index in [0.29, 0.717) is 10.8 Å². The lowest BCUT2D eigenvalue weighted by molar-refractivity contribution is -0.0499. The van der Waals surface area contributed by atoms with Crippen molar-refractivity contribution < 1.29 is 25.8 Å². The average Bonchev–Trinajstić information content (AvgIpc) is 2.27. The van der Waals surface area contributed by atoms with Crippen molar-refractivity contribution in [2.45, 2.75) is 5.51 Å². The molecule has 0 radical (unpaired) electrons. The predicted octanol–water partition coefficient (Wildman–Crippen LogP) is 3.18. The molecule has 19 heavy (non-hydrogen) atoms. The zero-order chi connectivity index (χ0) is 13.4. The van der Waals surface area contributed by atoms with Crippen molar-refractivity contribution in [3.63, 3.8) is 0 Å². The molecule has 0 aliphatic heterocycles. The molecule has 0 aliphatic rings. The predicted molar refractivity (Wildman–Crippen MR) is 69.9 cm³/mol. The van der Waals surface area contributed by atoms with Crippen molar-refractivity contribution in [1.82, 2.24) is 0 Å². The highest BCUT2D eigenvalue weighted by Gasteiger charge is 2.48. The Hall–Kier alpha value is -1.41. The molecule has 2 aromatic carbocycles. The maximum Gasteiger partial charge on any atom is 0.534 e. The lowest BCUT2D eigenvalue weighted by Crippen LogP contribution is -2.28. The van der Waals surface area contributed by atoms with E-state index in [1.807, 2.05) is 0 Å². The zero-order valence-electron chi connectivity index (χ0n) is 9.31. The van der Waals surface area contributed by atoms with Crippen LogP contribution in [0.25, 0.3) is 10.8 Å². The second-order valence-corrected chi connectivity index (χ2v) is 5.00. The van der Waals surface area contributed by atoms with Crippen LogP contribution in [-0.2, 0) is 10.1 Å². The van der Waals surface area contributed by atoms with Gasteiger partial charge in [0, 0.05) is 5.39 Å². The van der Waals surface area contributed by atoms with Crippen LogP contribution in [0, 0.1) is 0 Å². The summed E-state index contributed by atoms with van der Waals surface area (Å²) in [6, 6.07) is 10.6. The fourth-order valence-electron chi connectivity index (χ4n) is 1.43. The number of rotatable bonds is 2. The number of halogens is 3. The molecule has 0 aromatic heterocycles. The molecule has 0 fully saturated rings. The average molecular weight is 310 g/mol. The summed E-state index contributed by atoms with van der Waals surface area (Å²) in [6.45, 7) is 0. The normalized spacial score (nSPS) is 11.9. The van der Waals surface area contributed by atoms with Gasteiger partial charge in [-0.15, -0.1) is 0 Å². The van der Waals surface area contributed by atoms with E-state index in [-0.39, 0.29) is 19.2 Å². The molecular weight excluding hydrogens is 301 g/mol. The zero-order valence-corrected chi connectivity index (χ0v) is 11.1. The highest BCUT2D eigenvalue weighted by Crippen LogP contribution is 2.31. The number of hydrogen-bond acceptors (Lipinski definition) is 3. The molecule has 2 rings (SSSR count). The summed E-state index contributed by atoms with van der Waals surface area (Å²) in [6.07, 6.45) is 0. The van der Waals surface area contributed by atoms with Crippen LogP contribution >= 0.6 is 13.5 Å². The van der Waals surface area contributed by atoms with Gasteiger partial charge in [0.05, 0.1) is 0 Å². The van der Waals surface area contributed by atoms with Crippen LogP contribution in [0.5, 0.6) is 5.75 Å². The number of alkyl halides is 3. The molecule has 104 valence electrons. The summed E-state index contributed by atoms with van der Waals surface area (Å²) in [5.41, 5.74) is -5.44. The smallest absolute Gasteiger partial charge is 0.375 e. The van der Waals surface area contributed by atoms with Gasteiger partial charge in [-0.2, -0.15) is 35.1 Å². The van der Waals surface area contributed by atoms with Crippen LogP contribution < -0.4 is 4.18 Å². The van der Waals surface area contributed by atoms with E-state index in [2.05, 4.69) is 4.18 Å². The first kappa shape index (κ1) is 15.6. The third-order valence-electron chi connectivity index (χ3n) is 2.23. The molecule has 0 heterocycles. The SMILES string of the molecule is O=S(=O)(Oc1cccc2ccccc12)C(F)(F)F.S. The van der Waals surface area contributed by atoms with Crippen molar-refractivity contribution >= 4 is 34.4 Å². The molecule has 0 bridgehead atoms. The first-order valence-electron chi connectivity index (χ1n) is 4.80. The van der Waals surface area contributed by atoms with Gasteiger partial charge < -0.3 is 4.18 Å². The molecule has 0 saturated heterocycles. The van der Waals surface area contributed by atoms with Gasteiger partial charge in [-0.3, -0.25) is 0 Å². The monoisotopic (exact) mass is 310 g/mol. The molecule has 0 amide bonds. The maximum absolute atomic E-state index is 12.2. The van der Waals surface area contributed by atoms with Crippen LogP contribution in [-0.4, -0.2) is 13.9 Å². The third-order valence-corrected chi connectivity index (χ3v) is 3.20. The van der Waals surface area contributed by atoms with E-state index >= 15 is 0 Å². The second kappa shape index (κ2) is 5.30. The summed E-state index contributed by atoms with van der Waals surface area (Å²) < 4.78 is 62.6. The van der Waals surface area contributed by atoms with Crippen LogP contribution in [0.2, 0.25) is 0 Å². The van der Waals surface area contributed by atoms with Crippen LogP contribution in [0.1, 0.15) is 0 Å². The van der Waals surface area contributed by atoms with Crippen molar-refractivity contribution in [3.05, 3.63) is 42.5 Å². The topological polar surface area (TPSA) is 43.4 Å². The van der Waals surface area contributed by atoms with Crippen LogP contribution in [0.4, 0.5) is 13.2 Å².